The van der Waals surface area contributed by atoms with Crippen LogP contribution in [0.3, 0.4) is 0 Å². The lowest BCUT2D eigenvalue weighted by Gasteiger charge is -2.36. The van der Waals surface area contributed by atoms with Gasteiger partial charge in [-0.1, -0.05) is 6.07 Å². The van der Waals surface area contributed by atoms with Crippen LogP contribution in [-0.2, 0) is 23.9 Å². The first-order valence-electron chi connectivity index (χ1n) is 11.3. The van der Waals surface area contributed by atoms with Crippen molar-refractivity contribution in [3.63, 3.8) is 0 Å². The van der Waals surface area contributed by atoms with Crippen molar-refractivity contribution in [1.82, 2.24) is 24.6 Å². The summed E-state index contributed by atoms with van der Waals surface area (Å²) in [5.74, 6) is 0.757. The lowest BCUT2D eigenvalue weighted by molar-refractivity contribution is 0.509. The Morgan fingerprint density at radius 2 is 2.00 bits per heavy atom. The fraction of sp³-hybridized carbons (Fsp3) is 0.240. The van der Waals surface area contributed by atoms with Crippen LogP contribution in [0.1, 0.15) is 29.2 Å². The van der Waals surface area contributed by atoms with Gasteiger partial charge in [-0.25, -0.2) is 13.4 Å². The van der Waals surface area contributed by atoms with E-state index in [4.69, 9.17) is 0 Å². The standard InChI is InChI=1S/C25H24N6O3S/c1-29-9-7-17-20(35(3,33)34)10-15-14-31(21-6-4-5-8-26-21)19-11-18(16-12-27-30(2)13-16)28-24(22(15)19)23(17)25(29)32/h4-10,12-14,18-19,28H,11H2,1-3H3. The molecular weight excluding hydrogens is 464 g/mol. The normalized spacial score (nSPS) is 21.1. The highest BCUT2D eigenvalue weighted by Gasteiger charge is 2.43. The number of sulfone groups is 1. The molecule has 0 fully saturated rings. The molecule has 0 saturated heterocycles. The van der Waals surface area contributed by atoms with Crippen molar-refractivity contribution >= 4 is 26.3 Å². The van der Waals surface area contributed by atoms with E-state index in [1.165, 1.54) is 10.8 Å². The maximum atomic E-state index is 13.5. The van der Waals surface area contributed by atoms with E-state index in [1.54, 1.807) is 36.3 Å². The molecule has 0 saturated carbocycles. The molecule has 1 aliphatic carbocycles. The Morgan fingerprint density at radius 3 is 2.69 bits per heavy atom. The minimum Gasteiger partial charge on any atom is -0.377 e. The number of aryl methyl sites for hydroxylation is 2. The summed E-state index contributed by atoms with van der Waals surface area (Å²) in [6, 6.07) is 7.14. The van der Waals surface area contributed by atoms with Crippen LogP contribution < -0.4 is 15.8 Å². The molecule has 35 heavy (non-hydrogen) atoms. The van der Waals surface area contributed by atoms with E-state index in [0.29, 0.717) is 23.2 Å². The van der Waals surface area contributed by atoms with Crippen LogP contribution in [0.25, 0.3) is 10.6 Å². The average Bonchev–Trinajstić information content (AvgIpc) is 3.38. The summed E-state index contributed by atoms with van der Waals surface area (Å²) in [7, 11) is -0.0937. The summed E-state index contributed by atoms with van der Waals surface area (Å²) in [5, 5.41) is 7.93. The predicted octanol–water partition coefficient (Wildman–Crippen LogP) is 2.13. The minimum absolute atomic E-state index is 0.132. The second-order valence-corrected chi connectivity index (χ2v) is 11.1. The van der Waals surface area contributed by atoms with Gasteiger partial charge in [0.05, 0.1) is 34.4 Å². The third kappa shape index (κ3) is 3.35. The van der Waals surface area contributed by atoms with Gasteiger partial charge in [-0.3, -0.25) is 9.48 Å². The number of anilines is 1. The number of rotatable bonds is 3. The van der Waals surface area contributed by atoms with E-state index >= 15 is 0 Å². The Bertz CT molecular complexity index is 1630. The molecule has 178 valence electrons. The summed E-state index contributed by atoms with van der Waals surface area (Å²) in [5.41, 5.74) is 3.83. The van der Waals surface area contributed by atoms with Gasteiger partial charge in [-0.2, -0.15) is 5.10 Å². The minimum atomic E-state index is -3.63. The van der Waals surface area contributed by atoms with Crippen molar-refractivity contribution in [2.75, 3.05) is 11.2 Å². The van der Waals surface area contributed by atoms with Crippen molar-refractivity contribution in [1.29, 1.82) is 0 Å². The summed E-state index contributed by atoms with van der Waals surface area (Å²) >= 11 is 0. The van der Waals surface area contributed by atoms with E-state index in [9.17, 15) is 13.2 Å². The smallest absolute Gasteiger partial charge is 0.260 e. The summed E-state index contributed by atoms with van der Waals surface area (Å²) in [4.78, 5) is 20.3. The van der Waals surface area contributed by atoms with Gasteiger partial charge in [0.2, 0.25) is 0 Å². The first-order valence-corrected chi connectivity index (χ1v) is 13.1. The zero-order valence-electron chi connectivity index (χ0n) is 19.5. The van der Waals surface area contributed by atoms with E-state index in [1.807, 2.05) is 43.8 Å². The molecule has 0 spiro atoms. The Hall–Kier alpha value is -3.92. The van der Waals surface area contributed by atoms with Crippen molar-refractivity contribution in [3.05, 3.63) is 99.5 Å². The van der Waals surface area contributed by atoms with Crippen LogP contribution in [0, 0.1) is 0 Å². The second kappa shape index (κ2) is 7.54. The molecule has 9 nitrogen and oxygen atoms in total. The van der Waals surface area contributed by atoms with Gasteiger partial charge >= 0.3 is 0 Å². The molecule has 5 heterocycles. The Balaban J connectivity index is 1.65. The fourth-order valence-corrected chi connectivity index (χ4v) is 6.12. The average molecular weight is 489 g/mol. The predicted molar refractivity (Wildman–Crippen MR) is 134 cm³/mol. The largest absolute Gasteiger partial charge is 0.377 e. The molecule has 1 N–H and O–H groups in total. The molecule has 2 aliphatic heterocycles. The molecular formula is C25H24N6O3S. The third-order valence-corrected chi connectivity index (χ3v) is 7.95. The summed E-state index contributed by atoms with van der Waals surface area (Å²) < 4.78 is 29.1. The molecule has 3 aromatic rings. The van der Waals surface area contributed by atoms with Crippen LogP contribution in [-0.4, -0.2) is 40.0 Å². The number of aromatic nitrogens is 4. The zero-order valence-corrected chi connectivity index (χ0v) is 20.3. The summed E-state index contributed by atoms with van der Waals surface area (Å²) in [6.45, 7) is 0. The van der Waals surface area contributed by atoms with Gasteiger partial charge in [-0.05, 0) is 36.3 Å². The molecule has 0 amide bonds. The molecule has 2 atom stereocenters. The van der Waals surface area contributed by atoms with Gasteiger partial charge in [0.1, 0.15) is 5.82 Å². The van der Waals surface area contributed by atoms with Crippen molar-refractivity contribution in [2.45, 2.75) is 18.5 Å². The number of pyridine rings is 2. The first kappa shape index (κ1) is 21.6. The Morgan fingerprint density at radius 1 is 1.17 bits per heavy atom. The van der Waals surface area contributed by atoms with Crippen molar-refractivity contribution in [3.8, 4) is 0 Å². The molecule has 3 aromatic heterocycles. The van der Waals surface area contributed by atoms with E-state index in [2.05, 4.69) is 20.3 Å². The molecule has 6 rings (SSSR count). The van der Waals surface area contributed by atoms with E-state index in [-0.39, 0.29) is 22.5 Å². The number of hydrogen-bond acceptors (Lipinski definition) is 7. The fourth-order valence-electron chi connectivity index (χ4n) is 5.21. The quantitative estimate of drug-likeness (QED) is 0.603. The molecule has 0 radical (unpaired) electrons. The highest BCUT2D eigenvalue weighted by Crippen LogP contribution is 2.47. The maximum absolute atomic E-state index is 13.5. The lowest BCUT2D eigenvalue weighted by Crippen LogP contribution is -2.40. The van der Waals surface area contributed by atoms with Crippen molar-refractivity contribution < 1.29 is 8.42 Å². The van der Waals surface area contributed by atoms with Crippen LogP contribution in [0.4, 0.5) is 5.82 Å². The third-order valence-electron chi connectivity index (χ3n) is 6.82. The van der Waals surface area contributed by atoms with Gasteiger partial charge in [0, 0.05) is 61.8 Å². The first-order chi connectivity index (χ1) is 16.7. The van der Waals surface area contributed by atoms with Gasteiger partial charge in [0.15, 0.2) is 9.84 Å². The van der Waals surface area contributed by atoms with E-state index in [0.717, 1.165) is 22.5 Å². The molecule has 2 unspecified atom stereocenters. The second-order valence-electron chi connectivity index (χ2n) is 9.17. The van der Waals surface area contributed by atoms with Gasteiger partial charge in [0.25, 0.3) is 5.56 Å². The van der Waals surface area contributed by atoms with Crippen LogP contribution in [0.5, 0.6) is 0 Å². The van der Waals surface area contributed by atoms with Crippen LogP contribution in [0.2, 0.25) is 0 Å². The number of allylic oxidation sites excluding steroid dienone is 1. The maximum Gasteiger partial charge on any atom is 0.260 e. The Labute approximate surface area is 202 Å². The highest BCUT2D eigenvalue weighted by molar-refractivity contribution is 8.00. The number of hydrogen-bond donors (Lipinski definition) is 1. The zero-order chi connectivity index (χ0) is 24.5. The number of fused-ring (bicyclic) bond motifs is 2. The molecule has 10 heteroatoms. The topological polar surface area (TPSA) is 102 Å². The highest BCUT2D eigenvalue weighted by atomic mass is 32.2. The Kier molecular flexibility index (Phi) is 4.65. The van der Waals surface area contributed by atoms with Crippen LogP contribution >= 0.6 is 0 Å². The van der Waals surface area contributed by atoms with Crippen LogP contribution in [0.15, 0.2) is 77.3 Å². The molecule has 0 bridgehead atoms. The monoisotopic (exact) mass is 488 g/mol. The van der Waals surface area contributed by atoms with E-state index < -0.39 is 9.84 Å². The molecule has 0 aromatic carbocycles. The number of nitrogens with zero attached hydrogens (tertiary/aromatic N) is 5. The molecule has 3 aliphatic rings. The lowest BCUT2D eigenvalue weighted by atomic mass is 9.86. The van der Waals surface area contributed by atoms with Gasteiger partial charge in [-0.15, -0.1) is 0 Å². The van der Waals surface area contributed by atoms with Gasteiger partial charge < -0.3 is 14.8 Å². The summed E-state index contributed by atoms with van der Waals surface area (Å²) in [6.07, 6.45) is 12.6. The van der Waals surface area contributed by atoms with Crippen molar-refractivity contribution in [2.24, 2.45) is 14.1 Å². The number of nitrogens with one attached hydrogen (secondary N) is 1. The SMILES string of the molecule is Cn1cc(C2CC3C4=C(N2)c2c(ccn(C)c2=O)C(S(C)(=O)=O)=CC4=CN3c2ccccn2)cn1.